The first-order valence-corrected chi connectivity index (χ1v) is 9.74. The van der Waals surface area contributed by atoms with Crippen LogP contribution < -0.4 is 9.47 Å². The Morgan fingerprint density at radius 3 is 2.42 bits per heavy atom. The monoisotopic (exact) mass is 374 g/mol. The van der Waals surface area contributed by atoms with Gasteiger partial charge in [0, 0.05) is 4.90 Å². The predicted molar refractivity (Wildman–Crippen MR) is 105 cm³/mol. The quantitative estimate of drug-likeness (QED) is 0.681. The van der Waals surface area contributed by atoms with Crippen LogP contribution in [0.3, 0.4) is 0 Å². The molecule has 26 heavy (non-hydrogen) atoms. The lowest BCUT2D eigenvalue weighted by Crippen LogP contribution is -2.33. The van der Waals surface area contributed by atoms with Crippen LogP contribution >= 0.6 is 0 Å². The highest BCUT2D eigenvalue weighted by molar-refractivity contribution is 7.85. The summed E-state index contributed by atoms with van der Waals surface area (Å²) in [6.07, 6.45) is 2.41. The molecule has 0 saturated heterocycles. The van der Waals surface area contributed by atoms with Gasteiger partial charge in [0.05, 0.1) is 36.4 Å². The molecule has 140 valence electrons. The molecular formula is C21H26O4S. The largest absolute Gasteiger partial charge is 0.497 e. The van der Waals surface area contributed by atoms with Gasteiger partial charge in [-0.3, -0.25) is 4.21 Å². The van der Waals surface area contributed by atoms with Crippen molar-refractivity contribution in [2.75, 3.05) is 20.0 Å². The number of aryl methyl sites for hydroxylation is 2. The van der Waals surface area contributed by atoms with E-state index >= 15 is 0 Å². The fraction of sp³-hybridized carbons (Fsp3) is 0.333. The van der Waals surface area contributed by atoms with Gasteiger partial charge in [-0.15, -0.1) is 6.58 Å². The van der Waals surface area contributed by atoms with Crippen molar-refractivity contribution in [2.24, 2.45) is 0 Å². The van der Waals surface area contributed by atoms with E-state index in [1.807, 2.05) is 49.4 Å². The lowest BCUT2D eigenvalue weighted by atomic mass is 9.96. The Hall–Kier alpha value is -2.11. The summed E-state index contributed by atoms with van der Waals surface area (Å²) in [5.74, 6) is 1.56. The molecule has 0 spiro atoms. The van der Waals surface area contributed by atoms with Crippen molar-refractivity contribution in [1.82, 2.24) is 0 Å². The molecule has 0 bridgehead atoms. The van der Waals surface area contributed by atoms with E-state index in [-0.39, 0.29) is 5.75 Å². The van der Waals surface area contributed by atoms with Crippen molar-refractivity contribution < 1.29 is 18.8 Å². The van der Waals surface area contributed by atoms with E-state index < -0.39 is 16.4 Å². The van der Waals surface area contributed by atoms with Crippen molar-refractivity contribution in [2.45, 2.75) is 30.3 Å². The zero-order valence-corrected chi connectivity index (χ0v) is 16.3. The number of hydrogen-bond acceptors (Lipinski definition) is 4. The Morgan fingerprint density at radius 2 is 1.85 bits per heavy atom. The topological polar surface area (TPSA) is 55.8 Å². The molecule has 0 fully saturated rings. The molecule has 4 nitrogen and oxygen atoms in total. The molecule has 1 unspecified atom stereocenters. The van der Waals surface area contributed by atoms with Crippen LogP contribution in [-0.2, 0) is 17.2 Å². The molecule has 2 aromatic rings. The van der Waals surface area contributed by atoms with Crippen LogP contribution in [0, 0.1) is 6.92 Å². The van der Waals surface area contributed by atoms with Crippen molar-refractivity contribution in [3.8, 4) is 11.5 Å². The van der Waals surface area contributed by atoms with E-state index in [4.69, 9.17) is 9.47 Å². The van der Waals surface area contributed by atoms with E-state index in [1.165, 1.54) is 6.08 Å². The molecular weight excluding hydrogens is 348 g/mol. The maximum Gasteiger partial charge on any atom is 0.122 e. The van der Waals surface area contributed by atoms with Crippen LogP contribution in [0.15, 0.2) is 60.0 Å². The maximum atomic E-state index is 12.6. The molecule has 5 heteroatoms. The Balaban J connectivity index is 2.11. The Labute approximate surface area is 157 Å². The molecule has 0 aliphatic carbocycles. The van der Waals surface area contributed by atoms with Crippen molar-refractivity contribution in [3.63, 3.8) is 0 Å². The zero-order valence-electron chi connectivity index (χ0n) is 15.5. The molecule has 0 saturated carbocycles. The Morgan fingerprint density at radius 1 is 1.15 bits per heavy atom. The summed E-state index contributed by atoms with van der Waals surface area (Å²) in [5.41, 5.74) is 0.798. The number of methoxy groups -OCH3 is 2. The average Bonchev–Trinajstić information content (AvgIpc) is 2.66. The van der Waals surface area contributed by atoms with E-state index in [9.17, 15) is 9.32 Å². The zero-order chi connectivity index (χ0) is 19.2. The van der Waals surface area contributed by atoms with Crippen LogP contribution in [0.25, 0.3) is 0 Å². The summed E-state index contributed by atoms with van der Waals surface area (Å²) in [5, 5.41) is 10.9. The number of benzene rings is 2. The molecule has 0 amide bonds. The van der Waals surface area contributed by atoms with Gasteiger partial charge in [0.2, 0.25) is 0 Å². The van der Waals surface area contributed by atoms with Gasteiger partial charge in [0.25, 0.3) is 0 Å². The Kier molecular flexibility index (Phi) is 7.00. The summed E-state index contributed by atoms with van der Waals surface area (Å²) in [6, 6.07) is 13.1. The van der Waals surface area contributed by atoms with Gasteiger partial charge in [-0.2, -0.15) is 0 Å². The summed E-state index contributed by atoms with van der Waals surface area (Å²) in [4.78, 5) is 0.704. The Bertz CT molecular complexity index is 770. The molecule has 2 atom stereocenters. The summed E-state index contributed by atoms with van der Waals surface area (Å²) >= 11 is 0. The van der Waals surface area contributed by atoms with Crippen molar-refractivity contribution >= 4 is 10.8 Å². The molecule has 2 rings (SSSR count). The predicted octanol–water partition coefficient (Wildman–Crippen LogP) is 3.67. The summed E-state index contributed by atoms with van der Waals surface area (Å²) in [7, 11) is 1.91. The first-order chi connectivity index (χ1) is 12.4. The van der Waals surface area contributed by atoms with Crippen LogP contribution in [0.1, 0.15) is 17.5 Å². The fourth-order valence-corrected chi connectivity index (χ4v) is 3.98. The fourth-order valence-electron chi connectivity index (χ4n) is 2.66. The maximum absolute atomic E-state index is 12.6. The first-order valence-electron chi connectivity index (χ1n) is 8.42. The number of ether oxygens (including phenoxy) is 2. The SMILES string of the molecule is C=C[C@@](O)(CCc1cc(OC)ccc1OC)CS(=O)c1ccc(C)cc1. The van der Waals surface area contributed by atoms with E-state index in [0.29, 0.717) is 17.7 Å². The average molecular weight is 375 g/mol. The highest BCUT2D eigenvalue weighted by atomic mass is 32.2. The summed E-state index contributed by atoms with van der Waals surface area (Å²) in [6.45, 7) is 5.72. The minimum absolute atomic E-state index is 0.103. The van der Waals surface area contributed by atoms with E-state index in [0.717, 1.165) is 22.6 Å². The van der Waals surface area contributed by atoms with Crippen molar-refractivity contribution in [3.05, 3.63) is 66.2 Å². The third-order valence-corrected chi connectivity index (χ3v) is 5.92. The number of hydrogen-bond donors (Lipinski definition) is 1. The van der Waals surface area contributed by atoms with Gasteiger partial charge in [0.15, 0.2) is 0 Å². The molecule has 1 N–H and O–H groups in total. The van der Waals surface area contributed by atoms with Crippen LogP contribution in [-0.4, -0.2) is 34.9 Å². The normalized spacial score (nSPS) is 14.3. The second kappa shape index (κ2) is 9.01. The lowest BCUT2D eigenvalue weighted by molar-refractivity contribution is 0.106. The van der Waals surface area contributed by atoms with Crippen LogP contribution in [0.2, 0.25) is 0 Å². The number of rotatable bonds is 9. The molecule has 0 aliphatic heterocycles. The summed E-state index contributed by atoms with van der Waals surface area (Å²) < 4.78 is 23.3. The van der Waals surface area contributed by atoms with E-state index in [1.54, 1.807) is 14.2 Å². The standard InChI is InChI=1S/C21H26O4S/c1-5-21(22,15-26(23)19-9-6-16(2)7-10-19)13-12-17-14-18(24-3)8-11-20(17)25-4/h5-11,14,22H,1,12-13,15H2,2-4H3/t21-,26?/m1/s1. The molecule has 0 heterocycles. The third kappa shape index (κ3) is 5.19. The van der Waals surface area contributed by atoms with Crippen molar-refractivity contribution in [1.29, 1.82) is 0 Å². The molecule has 0 aromatic heterocycles. The number of aliphatic hydroxyl groups is 1. The molecule has 0 radical (unpaired) electrons. The van der Waals surface area contributed by atoms with Gasteiger partial charge >= 0.3 is 0 Å². The van der Waals surface area contributed by atoms with Crippen LogP contribution in [0.4, 0.5) is 0 Å². The second-order valence-electron chi connectivity index (χ2n) is 6.29. The van der Waals surface area contributed by atoms with E-state index in [2.05, 4.69) is 6.58 Å². The van der Waals surface area contributed by atoms with Crippen LogP contribution in [0.5, 0.6) is 11.5 Å². The highest BCUT2D eigenvalue weighted by Gasteiger charge is 2.27. The van der Waals surface area contributed by atoms with Gasteiger partial charge < -0.3 is 14.6 Å². The molecule has 2 aromatic carbocycles. The van der Waals surface area contributed by atoms with Gasteiger partial charge in [0.1, 0.15) is 11.5 Å². The third-order valence-electron chi connectivity index (χ3n) is 4.36. The smallest absolute Gasteiger partial charge is 0.122 e. The lowest BCUT2D eigenvalue weighted by Gasteiger charge is -2.24. The van der Waals surface area contributed by atoms with Gasteiger partial charge in [-0.1, -0.05) is 23.8 Å². The minimum atomic E-state index is -1.31. The van der Waals surface area contributed by atoms with Gasteiger partial charge in [-0.05, 0) is 55.7 Å². The van der Waals surface area contributed by atoms with Gasteiger partial charge in [-0.25, -0.2) is 0 Å². The molecule has 0 aliphatic rings. The highest BCUT2D eigenvalue weighted by Crippen LogP contribution is 2.28. The first kappa shape index (κ1) is 20.2. The second-order valence-corrected chi connectivity index (χ2v) is 7.74. The minimum Gasteiger partial charge on any atom is -0.497 e.